The maximum Gasteiger partial charge on any atom is 0.251 e. The Kier molecular flexibility index (Phi) is 5.41. The molecule has 28 heavy (non-hydrogen) atoms. The summed E-state index contributed by atoms with van der Waals surface area (Å²) in [7, 11) is 0. The van der Waals surface area contributed by atoms with Gasteiger partial charge < -0.3 is 10.4 Å². The van der Waals surface area contributed by atoms with Gasteiger partial charge in [0, 0.05) is 35.7 Å². The van der Waals surface area contributed by atoms with Crippen LogP contribution in [0.1, 0.15) is 29.8 Å². The Balaban J connectivity index is 1.98. The van der Waals surface area contributed by atoms with E-state index in [-0.39, 0.29) is 29.1 Å². The quantitative estimate of drug-likeness (QED) is 0.658. The van der Waals surface area contributed by atoms with Crippen LogP contribution in [-0.2, 0) is 6.42 Å². The Hall–Kier alpha value is -3.66. The molecule has 140 valence electrons. The van der Waals surface area contributed by atoms with Gasteiger partial charge in [-0.3, -0.25) is 4.79 Å². The number of aromatic nitrogens is 2. The molecule has 3 aromatic rings. The summed E-state index contributed by atoms with van der Waals surface area (Å²) >= 11 is 0. The third-order valence-corrected chi connectivity index (χ3v) is 4.36. The number of nitriles is 1. The normalized spacial score (nSPS) is 11.6. The molecule has 5 nitrogen and oxygen atoms in total. The van der Waals surface area contributed by atoms with Crippen LogP contribution in [0.4, 0.5) is 8.78 Å². The van der Waals surface area contributed by atoms with Crippen molar-refractivity contribution in [2.45, 2.75) is 19.3 Å². The van der Waals surface area contributed by atoms with E-state index in [1.54, 1.807) is 24.3 Å². The third-order valence-electron chi connectivity index (χ3n) is 4.36. The molecule has 0 fully saturated rings. The Morgan fingerprint density at radius 1 is 1.21 bits per heavy atom. The lowest BCUT2D eigenvalue weighted by atomic mass is 9.91. The predicted octanol–water partition coefficient (Wildman–Crippen LogP) is 3.95. The zero-order valence-electron chi connectivity index (χ0n) is 15.0. The molecule has 0 spiro atoms. The van der Waals surface area contributed by atoms with Crippen LogP contribution in [0.25, 0.3) is 11.3 Å². The van der Waals surface area contributed by atoms with Crippen LogP contribution in [-0.4, -0.2) is 15.7 Å². The molecule has 0 bridgehead atoms. The molecule has 1 atom stereocenters. The summed E-state index contributed by atoms with van der Waals surface area (Å²) in [6, 6.07) is 13.2. The van der Waals surface area contributed by atoms with Gasteiger partial charge in [0.15, 0.2) is 0 Å². The van der Waals surface area contributed by atoms with Crippen LogP contribution >= 0.6 is 0 Å². The first-order valence-electron chi connectivity index (χ1n) is 8.48. The van der Waals surface area contributed by atoms with Crippen molar-refractivity contribution in [1.82, 2.24) is 9.97 Å². The van der Waals surface area contributed by atoms with Crippen LogP contribution in [0.5, 0.6) is 0 Å². The number of benzene rings is 2. The van der Waals surface area contributed by atoms with Gasteiger partial charge in [-0.2, -0.15) is 5.26 Å². The van der Waals surface area contributed by atoms with E-state index in [9.17, 15) is 13.6 Å². The van der Waals surface area contributed by atoms with E-state index >= 15 is 0 Å². The molecule has 2 N–H and O–H groups in total. The summed E-state index contributed by atoms with van der Waals surface area (Å²) in [4.78, 5) is 19.1. The molecular formula is C21H16F2N4O. The molecule has 7 heteroatoms. The Labute approximate surface area is 159 Å². The van der Waals surface area contributed by atoms with Gasteiger partial charge >= 0.3 is 0 Å². The Morgan fingerprint density at radius 3 is 2.54 bits per heavy atom. The van der Waals surface area contributed by atoms with Gasteiger partial charge in [0.1, 0.15) is 17.5 Å². The van der Waals surface area contributed by atoms with Crippen LogP contribution in [0.3, 0.4) is 0 Å². The molecule has 2 aromatic carbocycles. The number of hydrogen-bond acceptors (Lipinski definition) is 4. The summed E-state index contributed by atoms with van der Waals surface area (Å²) in [5.41, 5.74) is 1.49. The van der Waals surface area contributed by atoms with Crippen LogP contribution in [0.15, 0.2) is 53.3 Å². The van der Waals surface area contributed by atoms with Gasteiger partial charge in [-0.15, -0.1) is 0 Å². The fourth-order valence-electron chi connectivity index (χ4n) is 2.94. The van der Waals surface area contributed by atoms with Crippen LogP contribution < -0.4 is 5.56 Å². The Bertz CT molecular complexity index is 1130. The van der Waals surface area contributed by atoms with E-state index in [2.05, 4.69) is 9.97 Å². The zero-order valence-corrected chi connectivity index (χ0v) is 15.0. The fourth-order valence-corrected chi connectivity index (χ4v) is 2.94. The number of rotatable bonds is 5. The number of halogens is 2. The van der Waals surface area contributed by atoms with Gasteiger partial charge in [-0.05, 0) is 30.7 Å². The van der Waals surface area contributed by atoms with Gasteiger partial charge in [-0.25, -0.2) is 13.8 Å². The standard InChI is InChI=1S/C21H16F2N4O/c1-12(25)17(16-7-6-15(22)8-18(16)23)9-20-26-19(10-21(28)27-20)14-4-2-13(11-24)3-5-14/h2-8,10,17,25H,9H2,1H3,(H,26,27,28). The average molecular weight is 378 g/mol. The topological polar surface area (TPSA) is 93.4 Å². The van der Waals surface area contributed by atoms with Crippen molar-refractivity contribution in [3.63, 3.8) is 0 Å². The molecule has 0 radical (unpaired) electrons. The van der Waals surface area contributed by atoms with E-state index in [1.807, 2.05) is 6.07 Å². The van der Waals surface area contributed by atoms with Crippen molar-refractivity contribution in [2.24, 2.45) is 0 Å². The van der Waals surface area contributed by atoms with E-state index in [0.717, 1.165) is 12.1 Å². The predicted molar refractivity (Wildman–Crippen MR) is 101 cm³/mol. The molecule has 3 rings (SSSR count). The molecule has 1 aromatic heterocycles. The molecule has 1 heterocycles. The van der Waals surface area contributed by atoms with Crippen LogP contribution in [0.2, 0.25) is 0 Å². The minimum atomic E-state index is -0.748. The van der Waals surface area contributed by atoms with Gasteiger partial charge in [0.25, 0.3) is 5.56 Å². The number of nitrogens with zero attached hydrogens (tertiary/aromatic N) is 2. The summed E-state index contributed by atoms with van der Waals surface area (Å²) in [5.74, 6) is -1.86. The Morgan fingerprint density at radius 2 is 1.93 bits per heavy atom. The summed E-state index contributed by atoms with van der Waals surface area (Å²) < 4.78 is 27.4. The number of aromatic amines is 1. The van der Waals surface area contributed by atoms with Crippen molar-refractivity contribution in [1.29, 1.82) is 10.7 Å². The number of H-pyrrole nitrogens is 1. The van der Waals surface area contributed by atoms with Gasteiger partial charge in [0.05, 0.1) is 17.3 Å². The van der Waals surface area contributed by atoms with E-state index < -0.39 is 17.6 Å². The number of nitrogens with one attached hydrogen (secondary N) is 2. The van der Waals surface area contributed by atoms with Crippen molar-refractivity contribution in [3.05, 3.63) is 87.5 Å². The van der Waals surface area contributed by atoms with Gasteiger partial charge in [0.2, 0.25) is 0 Å². The van der Waals surface area contributed by atoms with Gasteiger partial charge in [-0.1, -0.05) is 18.2 Å². The van der Waals surface area contributed by atoms with E-state index in [4.69, 9.17) is 10.7 Å². The smallest absolute Gasteiger partial charge is 0.251 e. The first kappa shape index (κ1) is 19.1. The highest BCUT2D eigenvalue weighted by Gasteiger charge is 2.20. The molecule has 0 saturated heterocycles. The number of hydrogen-bond donors (Lipinski definition) is 2. The molecule has 0 aliphatic carbocycles. The van der Waals surface area contributed by atoms with Crippen molar-refractivity contribution < 1.29 is 8.78 Å². The lowest BCUT2D eigenvalue weighted by Crippen LogP contribution is -2.18. The summed E-state index contributed by atoms with van der Waals surface area (Å²) in [5, 5.41) is 16.9. The SMILES string of the molecule is CC(=N)C(Cc1nc(-c2ccc(C#N)cc2)cc(=O)[nH]1)c1ccc(F)cc1F. The highest BCUT2D eigenvalue weighted by atomic mass is 19.1. The maximum atomic E-state index is 14.2. The average Bonchev–Trinajstić information content (AvgIpc) is 2.66. The zero-order chi connectivity index (χ0) is 20.3. The van der Waals surface area contributed by atoms with Crippen molar-refractivity contribution >= 4 is 5.71 Å². The highest BCUT2D eigenvalue weighted by molar-refractivity contribution is 5.86. The molecule has 0 aliphatic heterocycles. The summed E-state index contributed by atoms with van der Waals surface area (Å²) in [6.07, 6.45) is 0.0806. The van der Waals surface area contributed by atoms with Crippen LogP contribution in [0, 0.1) is 28.4 Å². The second kappa shape index (κ2) is 7.92. The first-order chi connectivity index (χ1) is 13.4. The monoisotopic (exact) mass is 378 g/mol. The largest absolute Gasteiger partial charge is 0.310 e. The minimum absolute atomic E-state index is 0.0806. The second-order valence-corrected chi connectivity index (χ2v) is 6.37. The highest BCUT2D eigenvalue weighted by Crippen LogP contribution is 2.25. The molecule has 0 amide bonds. The van der Waals surface area contributed by atoms with E-state index in [0.29, 0.717) is 16.8 Å². The lowest BCUT2D eigenvalue weighted by molar-refractivity contribution is 0.566. The second-order valence-electron chi connectivity index (χ2n) is 6.37. The van der Waals surface area contributed by atoms with E-state index in [1.165, 1.54) is 19.1 Å². The molecule has 0 aliphatic rings. The first-order valence-corrected chi connectivity index (χ1v) is 8.48. The molecular weight excluding hydrogens is 362 g/mol. The van der Waals surface area contributed by atoms with Crippen molar-refractivity contribution in [2.75, 3.05) is 0 Å². The minimum Gasteiger partial charge on any atom is -0.310 e. The molecule has 0 saturated carbocycles. The lowest BCUT2D eigenvalue weighted by Gasteiger charge is -2.17. The molecule has 1 unspecified atom stereocenters. The maximum absolute atomic E-state index is 14.2. The summed E-state index contributed by atoms with van der Waals surface area (Å²) in [6.45, 7) is 1.52. The van der Waals surface area contributed by atoms with Crippen molar-refractivity contribution in [3.8, 4) is 17.3 Å². The third kappa shape index (κ3) is 4.18. The fraction of sp³-hybridized carbons (Fsp3) is 0.143.